The second kappa shape index (κ2) is 5.29. The zero-order chi connectivity index (χ0) is 13.9. The third-order valence-electron chi connectivity index (χ3n) is 3.14. The minimum absolute atomic E-state index is 0.360. The topological polar surface area (TPSA) is 31.6 Å². The summed E-state index contributed by atoms with van der Waals surface area (Å²) in [7, 11) is 0. The molecule has 0 spiro atoms. The number of fused-ring (bicyclic) bond motifs is 2. The van der Waals surface area contributed by atoms with Gasteiger partial charge in [-0.3, -0.25) is 0 Å². The molecule has 0 aliphatic carbocycles. The molecule has 0 saturated heterocycles. The molecular formula is C17H16O3. The number of rotatable bonds is 0. The number of hydrogen-bond acceptors (Lipinski definition) is 3. The van der Waals surface area contributed by atoms with Crippen LogP contribution >= 0.6 is 0 Å². The van der Waals surface area contributed by atoms with Crippen LogP contribution < -0.4 is 9.47 Å². The van der Waals surface area contributed by atoms with E-state index in [0.29, 0.717) is 6.79 Å². The zero-order valence-corrected chi connectivity index (χ0v) is 11.6. The van der Waals surface area contributed by atoms with E-state index < -0.39 is 0 Å². The number of ether oxygens (including phenoxy) is 2. The smallest absolute Gasteiger partial charge is 0.231 e. The quantitative estimate of drug-likeness (QED) is 0.603. The summed E-state index contributed by atoms with van der Waals surface area (Å²) in [5.74, 6) is 1.71. The van der Waals surface area contributed by atoms with E-state index in [-0.39, 0.29) is 0 Å². The van der Waals surface area contributed by atoms with Gasteiger partial charge in [0.25, 0.3) is 0 Å². The van der Waals surface area contributed by atoms with Crippen LogP contribution in [-0.2, 0) is 0 Å². The monoisotopic (exact) mass is 268 g/mol. The molecular weight excluding hydrogens is 252 g/mol. The van der Waals surface area contributed by atoms with Crippen LogP contribution in [-0.4, -0.2) is 6.79 Å². The van der Waals surface area contributed by atoms with Gasteiger partial charge in [0, 0.05) is 5.39 Å². The molecule has 2 aromatic carbocycles. The summed E-state index contributed by atoms with van der Waals surface area (Å²) in [5, 5.41) is 1.17. The fraction of sp³-hybridized carbons (Fsp3) is 0.176. The van der Waals surface area contributed by atoms with Crippen molar-refractivity contribution in [3.05, 3.63) is 59.9 Å². The molecule has 0 saturated carbocycles. The lowest BCUT2D eigenvalue weighted by atomic mass is 10.2. The van der Waals surface area contributed by atoms with Crippen molar-refractivity contribution < 1.29 is 13.9 Å². The van der Waals surface area contributed by atoms with Gasteiger partial charge >= 0.3 is 0 Å². The minimum Gasteiger partial charge on any atom is -0.464 e. The second-order valence-electron chi connectivity index (χ2n) is 4.82. The number of aryl methyl sites for hydroxylation is 2. The normalized spacial score (nSPS) is 12.1. The van der Waals surface area contributed by atoms with E-state index in [1.165, 1.54) is 16.5 Å². The van der Waals surface area contributed by atoms with Crippen LogP contribution in [0.15, 0.2) is 53.1 Å². The lowest BCUT2D eigenvalue weighted by Gasteiger charge is -1.94. The number of benzene rings is 2. The molecule has 1 aromatic heterocycles. The van der Waals surface area contributed by atoms with Crippen molar-refractivity contribution in [3.8, 4) is 11.5 Å². The molecule has 0 unspecified atom stereocenters. The Kier molecular flexibility index (Phi) is 3.33. The fourth-order valence-corrected chi connectivity index (χ4v) is 2.07. The Labute approximate surface area is 117 Å². The Morgan fingerprint density at radius 2 is 1.55 bits per heavy atom. The molecule has 3 heteroatoms. The van der Waals surface area contributed by atoms with Crippen LogP contribution in [0.1, 0.15) is 11.1 Å². The molecule has 0 N–H and O–H groups in total. The highest BCUT2D eigenvalue weighted by atomic mass is 16.7. The summed E-state index contributed by atoms with van der Waals surface area (Å²) in [5.41, 5.74) is 3.41. The molecule has 1 aliphatic rings. The first kappa shape index (κ1) is 12.6. The van der Waals surface area contributed by atoms with E-state index in [0.717, 1.165) is 17.1 Å². The van der Waals surface area contributed by atoms with Crippen molar-refractivity contribution in [3.63, 3.8) is 0 Å². The van der Waals surface area contributed by atoms with E-state index in [1.54, 1.807) is 6.26 Å². The van der Waals surface area contributed by atoms with Gasteiger partial charge in [0.15, 0.2) is 11.5 Å². The van der Waals surface area contributed by atoms with Gasteiger partial charge in [-0.1, -0.05) is 18.2 Å². The average Bonchev–Trinajstić information content (AvgIpc) is 3.06. The third kappa shape index (κ3) is 2.62. The SMILES string of the molecule is Cc1ccc2c(c1)OCO2.Cc1ccc2ccoc2c1. The van der Waals surface area contributed by atoms with Crippen LogP contribution in [0, 0.1) is 13.8 Å². The molecule has 3 nitrogen and oxygen atoms in total. The Morgan fingerprint density at radius 3 is 2.45 bits per heavy atom. The van der Waals surface area contributed by atoms with Crippen molar-refractivity contribution in [1.82, 2.24) is 0 Å². The molecule has 0 radical (unpaired) electrons. The maximum Gasteiger partial charge on any atom is 0.231 e. The highest BCUT2D eigenvalue weighted by Gasteiger charge is 2.11. The predicted octanol–water partition coefficient (Wildman–Crippen LogP) is 4.46. The van der Waals surface area contributed by atoms with E-state index in [9.17, 15) is 0 Å². The molecule has 0 amide bonds. The van der Waals surface area contributed by atoms with Crippen LogP contribution in [0.2, 0.25) is 0 Å². The highest BCUT2D eigenvalue weighted by molar-refractivity contribution is 5.77. The van der Waals surface area contributed by atoms with Crippen LogP contribution in [0.3, 0.4) is 0 Å². The van der Waals surface area contributed by atoms with Gasteiger partial charge < -0.3 is 13.9 Å². The summed E-state index contributed by atoms with van der Waals surface area (Å²) in [6.07, 6.45) is 1.71. The number of furan rings is 1. The van der Waals surface area contributed by atoms with Gasteiger partial charge in [-0.05, 0) is 49.2 Å². The second-order valence-corrected chi connectivity index (χ2v) is 4.82. The summed E-state index contributed by atoms with van der Waals surface area (Å²) >= 11 is 0. The van der Waals surface area contributed by atoms with Crippen molar-refractivity contribution in [2.24, 2.45) is 0 Å². The largest absolute Gasteiger partial charge is 0.464 e. The van der Waals surface area contributed by atoms with Crippen molar-refractivity contribution in [2.45, 2.75) is 13.8 Å². The van der Waals surface area contributed by atoms with Crippen molar-refractivity contribution in [1.29, 1.82) is 0 Å². The molecule has 3 aromatic rings. The third-order valence-corrected chi connectivity index (χ3v) is 3.14. The number of hydrogen-bond donors (Lipinski definition) is 0. The van der Waals surface area contributed by atoms with Gasteiger partial charge in [0.05, 0.1) is 6.26 Å². The molecule has 102 valence electrons. The maximum absolute atomic E-state index is 5.20. The molecule has 0 atom stereocenters. The first-order chi connectivity index (χ1) is 9.72. The van der Waals surface area contributed by atoms with Gasteiger partial charge in [0.1, 0.15) is 5.58 Å². The van der Waals surface area contributed by atoms with E-state index in [4.69, 9.17) is 13.9 Å². The summed E-state index contributed by atoms with van der Waals surface area (Å²) < 4.78 is 15.5. The average molecular weight is 268 g/mol. The fourth-order valence-electron chi connectivity index (χ4n) is 2.07. The summed E-state index contributed by atoms with van der Waals surface area (Å²) in [4.78, 5) is 0. The van der Waals surface area contributed by atoms with Gasteiger partial charge in [-0.15, -0.1) is 0 Å². The van der Waals surface area contributed by atoms with Gasteiger partial charge in [-0.2, -0.15) is 0 Å². The van der Waals surface area contributed by atoms with Crippen molar-refractivity contribution in [2.75, 3.05) is 6.79 Å². The van der Waals surface area contributed by atoms with Crippen molar-refractivity contribution >= 4 is 11.0 Å². The lowest BCUT2D eigenvalue weighted by Crippen LogP contribution is -1.92. The molecule has 2 heterocycles. The molecule has 1 aliphatic heterocycles. The predicted molar refractivity (Wildman–Crippen MR) is 78.3 cm³/mol. The molecule has 0 bridgehead atoms. The first-order valence-electron chi connectivity index (χ1n) is 6.52. The minimum atomic E-state index is 0.360. The Bertz CT molecular complexity index is 728. The lowest BCUT2D eigenvalue weighted by molar-refractivity contribution is 0.174. The summed E-state index contributed by atoms with van der Waals surface area (Å²) in [6.45, 7) is 4.45. The Balaban J connectivity index is 0.000000121. The van der Waals surface area contributed by atoms with E-state index in [1.807, 2.05) is 37.3 Å². The Morgan fingerprint density at radius 1 is 0.800 bits per heavy atom. The van der Waals surface area contributed by atoms with Crippen LogP contribution in [0.5, 0.6) is 11.5 Å². The summed E-state index contributed by atoms with van der Waals surface area (Å²) in [6, 6.07) is 14.1. The molecule has 20 heavy (non-hydrogen) atoms. The zero-order valence-electron chi connectivity index (χ0n) is 11.6. The highest BCUT2D eigenvalue weighted by Crippen LogP contribution is 2.31. The van der Waals surface area contributed by atoms with Crippen LogP contribution in [0.25, 0.3) is 11.0 Å². The standard InChI is InChI=1S/C9H8O.C8H8O2/c1-7-2-3-8-4-5-10-9(8)6-7;1-6-2-3-7-8(4-6)10-5-9-7/h2-6H,1H3;2-4H,5H2,1H3. The molecule has 4 rings (SSSR count). The first-order valence-corrected chi connectivity index (χ1v) is 6.52. The van der Waals surface area contributed by atoms with Gasteiger partial charge in [-0.25, -0.2) is 0 Å². The van der Waals surface area contributed by atoms with E-state index in [2.05, 4.69) is 19.1 Å². The Hall–Kier alpha value is -2.42. The molecule has 0 fully saturated rings. The van der Waals surface area contributed by atoms with Crippen LogP contribution in [0.4, 0.5) is 0 Å². The van der Waals surface area contributed by atoms with Gasteiger partial charge in [0.2, 0.25) is 6.79 Å². The maximum atomic E-state index is 5.20. The van der Waals surface area contributed by atoms with E-state index >= 15 is 0 Å².